The molecule has 1 heterocycles. The van der Waals surface area contributed by atoms with E-state index in [1.165, 1.54) is 23.8 Å². The zero-order valence-corrected chi connectivity index (χ0v) is 19.9. The summed E-state index contributed by atoms with van der Waals surface area (Å²) in [5, 5.41) is 29.5. The van der Waals surface area contributed by atoms with Crippen molar-refractivity contribution in [2.45, 2.75) is 25.7 Å². The van der Waals surface area contributed by atoms with Gasteiger partial charge in [0.05, 0.1) is 29.6 Å². The molecule has 0 aliphatic carbocycles. The van der Waals surface area contributed by atoms with Gasteiger partial charge in [0, 0.05) is 46.5 Å². The lowest BCUT2D eigenvalue weighted by Gasteiger charge is -2.27. The highest BCUT2D eigenvalue weighted by Crippen LogP contribution is 2.48. The molecule has 0 saturated heterocycles. The number of carboxylic acid groups (broad SMARTS) is 1. The van der Waals surface area contributed by atoms with Crippen LogP contribution in [0, 0.1) is 34.6 Å². The van der Waals surface area contributed by atoms with Gasteiger partial charge in [0.25, 0.3) is 0 Å². The van der Waals surface area contributed by atoms with Crippen molar-refractivity contribution in [2.75, 3.05) is 7.11 Å². The summed E-state index contributed by atoms with van der Waals surface area (Å²) in [5.74, 6) is -7.11. The highest BCUT2D eigenvalue weighted by atomic mass is 19.2. The van der Waals surface area contributed by atoms with Gasteiger partial charge in [-0.15, -0.1) is 0 Å². The maximum atomic E-state index is 15.4. The maximum absolute atomic E-state index is 15.4. The topological polar surface area (TPSA) is 95.5 Å². The predicted octanol–water partition coefficient (Wildman–Crippen LogP) is 6.46. The molecule has 3 aromatic carbocycles. The zero-order chi connectivity index (χ0) is 27.2. The Morgan fingerprint density at radius 3 is 2.41 bits per heavy atom. The minimum absolute atomic E-state index is 0.0179. The number of carboxylic acids is 1. The molecule has 0 aliphatic heterocycles. The number of rotatable bonds is 6. The summed E-state index contributed by atoms with van der Waals surface area (Å²) >= 11 is 0. The van der Waals surface area contributed by atoms with Crippen molar-refractivity contribution < 1.29 is 37.3 Å². The van der Waals surface area contributed by atoms with Gasteiger partial charge in [-0.25, -0.2) is 22.4 Å². The number of ether oxygens (including phenoxy) is 1. The van der Waals surface area contributed by atoms with Crippen LogP contribution < -0.4 is 4.74 Å². The molecule has 4 aromatic rings. The molecule has 0 fully saturated rings. The van der Waals surface area contributed by atoms with Crippen molar-refractivity contribution >= 4 is 16.9 Å². The fourth-order valence-corrected chi connectivity index (χ4v) is 4.51. The number of halogens is 4. The van der Waals surface area contributed by atoms with E-state index < -0.39 is 51.5 Å². The van der Waals surface area contributed by atoms with Crippen LogP contribution in [0.1, 0.15) is 36.3 Å². The molecule has 0 saturated carbocycles. The number of methoxy groups -OCH3 is 1. The molecule has 0 unspecified atom stereocenters. The molecule has 0 spiro atoms. The lowest BCUT2D eigenvalue weighted by Crippen LogP contribution is -2.22. The van der Waals surface area contributed by atoms with Gasteiger partial charge in [0.2, 0.25) is 0 Å². The Balaban J connectivity index is 2.27. The van der Waals surface area contributed by atoms with Crippen LogP contribution in [-0.2, 0) is 5.41 Å². The van der Waals surface area contributed by atoms with Gasteiger partial charge in [-0.2, -0.15) is 5.26 Å². The first kappa shape index (κ1) is 25.6. The van der Waals surface area contributed by atoms with Crippen LogP contribution in [0.4, 0.5) is 17.6 Å². The van der Waals surface area contributed by atoms with Crippen LogP contribution in [0.2, 0.25) is 0 Å². The average Bonchev–Trinajstić information content (AvgIpc) is 3.17. The van der Waals surface area contributed by atoms with E-state index in [1.807, 2.05) is 6.07 Å². The van der Waals surface area contributed by atoms with Gasteiger partial charge in [0.15, 0.2) is 23.2 Å². The number of benzene rings is 3. The molecule has 4 rings (SSSR count). The molecule has 37 heavy (non-hydrogen) atoms. The van der Waals surface area contributed by atoms with Crippen LogP contribution in [0.25, 0.3) is 27.7 Å². The fourth-order valence-electron chi connectivity index (χ4n) is 4.51. The van der Waals surface area contributed by atoms with E-state index in [-0.39, 0.29) is 40.0 Å². The quantitative estimate of drug-likeness (QED) is 0.289. The van der Waals surface area contributed by atoms with Gasteiger partial charge in [-0.1, -0.05) is 19.9 Å². The summed E-state index contributed by atoms with van der Waals surface area (Å²) in [7, 11) is 1.25. The molecule has 190 valence electrons. The third-order valence-corrected chi connectivity index (χ3v) is 6.15. The number of hydrogen-bond donors (Lipinski definition) is 2. The molecular formula is C27H20F4N2O4. The minimum Gasteiger partial charge on any atom is -0.507 e. The van der Waals surface area contributed by atoms with E-state index in [1.54, 1.807) is 13.8 Å². The summed E-state index contributed by atoms with van der Waals surface area (Å²) in [5.41, 5.74) is -2.11. The van der Waals surface area contributed by atoms with Crippen LogP contribution in [0.15, 0.2) is 42.5 Å². The highest BCUT2D eigenvalue weighted by Gasteiger charge is 2.35. The Hall–Kier alpha value is -4.52. The second-order valence-corrected chi connectivity index (χ2v) is 9.01. The Morgan fingerprint density at radius 2 is 1.78 bits per heavy atom. The molecule has 0 aliphatic rings. The molecule has 2 N–H and O–H groups in total. The lowest BCUT2D eigenvalue weighted by molar-refractivity contribution is 0.0690. The lowest BCUT2D eigenvalue weighted by atomic mass is 9.81. The third-order valence-electron chi connectivity index (χ3n) is 6.15. The smallest absolute Gasteiger partial charge is 0.338 e. The predicted molar refractivity (Wildman–Crippen MR) is 127 cm³/mol. The first-order valence-corrected chi connectivity index (χ1v) is 10.9. The van der Waals surface area contributed by atoms with Crippen LogP contribution in [-0.4, -0.2) is 27.9 Å². The van der Waals surface area contributed by atoms with E-state index in [4.69, 9.17) is 4.74 Å². The number of aromatic hydroxyl groups is 1. The third kappa shape index (κ3) is 4.12. The molecule has 0 amide bonds. The fraction of sp³-hybridized carbons (Fsp3) is 0.185. The number of carbonyl (C=O) groups is 1. The van der Waals surface area contributed by atoms with Crippen LogP contribution in [0.5, 0.6) is 11.5 Å². The molecular weight excluding hydrogens is 492 g/mol. The van der Waals surface area contributed by atoms with Crippen molar-refractivity contribution in [3.63, 3.8) is 0 Å². The number of hydrogen-bond acceptors (Lipinski definition) is 4. The normalized spacial score (nSPS) is 11.5. The summed E-state index contributed by atoms with van der Waals surface area (Å²) in [4.78, 5) is 11.3. The molecule has 6 nitrogen and oxygen atoms in total. The average molecular weight is 512 g/mol. The van der Waals surface area contributed by atoms with E-state index >= 15 is 4.39 Å². The Morgan fingerprint density at radius 1 is 1.08 bits per heavy atom. The number of aromatic nitrogens is 1. The van der Waals surface area contributed by atoms with Gasteiger partial charge < -0.3 is 19.5 Å². The number of nitriles is 1. The first-order valence-electron chi connectivity index (χ1n) is 10.9. The number of fused-ring (bicyclic) bond motifs is 1. The van der Waals surface area contributed by atoms with Crippen molar-refractivity contribution in [1.82, 2.24) is 4.57 Å². The van der Waals surface area contributed by atoms with E-state index in [9.17, 15) is 33.4 Å². The van der Waals surface area contributed by atoms with Gasteiger partial charge in [0.1, 0.15) is 11.6 Å². The van der Waals surface area contributed by atoms with Crippen molar-refractivity contribution in [3.05, 3.63) is 77.0 Å². The number of phenolic OH excluding ortho intramolecular Hbond substituents is 1. The van der Waals surface area contributed by atoms with Crippen molar-refractivity contribution in [3.8, 4) is 34.4 Å². The van der Waals surface area contributed by atoms with Crippen molar-refractivity contribution in [1.29, 1.82) is 5.26 Å². The first-order chi connectivity index (χ1) is 17.4. The highest BCUT2D eigenvalue weighted by molar-refractivity contribution is 6.04. The molecule has 0 radical (unpaired) electrons. The molecule has 1 aromatic heterocycles. The van der Waals surface area contributed by atoms with Crippen LogP contribution >= 0.6 is 0 Å². The molecule has 10 heteroatoms. The SMILES string of the molecule is COc1cc(-n2c(C(C)(C)CC#N)c(-c3ccc(C(=O)O)c(F)c3F)c3c(O)cc(F)cc32)ccc1F. The summed E-state index contributed by atoms with van der Waals surface area (Å²) in [6, 6.07) is 9.55. The second-order valence-electron chi connectivity index (χ2n) is 9.01. The van der Waals surface area contributed by atoms with E-state index in [0.717, 1.165) is 30.3 Å². The number of phenols is 1. The Bertz CT molecular complexity index is 1620. The Labute approximate surface area is 208 Å². The van der Waals surface area contributed by atoms with Gasteiger partial charge in [-0.05, 0) is 24.3 Å². The van der Waals surface area contributed by atoms with Crippen LogP contribution in [0.3, 0.4) is 0 Å². The largest absolute Gasteiger partial charge is 0.507 e. The standard InChI is InChI=1S/C27H20F4N2O4/c1-27(2,8-9-32)25-21(15-5-6-16(26(35)36)24(31)23(15)30)22-18(10-13(28)11-19(22)34)33(25)14-4-7-17(29)20(12-14)37-3/h4-7,10-12,34H,8H2,1-3H3,(H,35,36). The van der Waals surface area contributed by atoms with Gasteiger partial charge in [-0.3, -0.25) is 0 Å². The zero-order valence-electron chi connectivity index (χ0n) is 19.9. The molecule has 0 bridgehead atoms. The van der Waals surface area contributed by atoms with Crippen molar-refractivity contribution in [2.24, 2.45) is 0 Å². The minimum atomic E-state index is -1.68. The second kappa shape index (κ2) is 9.17. The number of nitrogens with zero attached hydrogens (tertiary/aromatic N) is 2. The summed E-state index contributed by atoms with van der Waals surface area (Å²) in [6.07, 6.45) is -0.144. The van der Waals surface area contributed by atoms with E-state index in [0.29, 0.717) is 0 Å². The Kier molecular flexibility index (Phi) is 6.34. The van der Waals surface area contributed by atoms with E-state index in [2.05, 4.69) is 0 Å². The van der Waals surface area contributed by atoms with Gasteiger partial charge >= 0.3 is 5.97 Å². The monoisotopic (exact) mass is 512 g/mol. The number of aromatic carboxylic acids is 1. The summed E-state index contributed by atoms with van der Waals surface area (Å²) in [6.45, 7) is 3.27. The maximum Gasteiger partial charge on any atom is 0.338 e. The summed E-state index contributed by atoms with van der Waals surface area (Å²) < 4.78 is 65.6. The molecule has 0 atom stereocenters.